The largest absolute Gasteiger partial charge is 0.467 e. The first-order valence-electron chi connectivity index (χ1n) is 7.53. The summed E-state index contributed by atoms with van der Waals surface area (Å²) in [6, 6.07) is 10.6. The Kier molecular flexibility index (Phi) is 5.64. The fraction of sp³-hybridized carbons (Fsp3) is 0.294. The summed E-state index contributed by atoms with van der Waals surface area (Å²) in [5.74, 6) is 0.252. The van der Waals surface area contributed by atoms with Gasteiger partial charge in [-0.1, -0.05) is 18.2 Å². The number of carbonyl (C=O) groups is 2. The van der Waals surface area contributed by atoms with Crippen molar-refractivity contribution in [3.63, 3.8) is 0 Å². The van der Waals surface area contributed by atoms with E-state index in [2.05, 4.69) is 0 Å². The first kappa shape index (κ1) is 18.0. The number of hydrogen-bond acceptors (Lipinski definition) is 4. The zero-order valence-corrected chi connectivity index (χ0v) is 14.2. The summed E-state index contributed by atoms with van der Waals surface area (Å²) in [5.41, 5.74) is 6.76. The number of benzene rings is 1. The zero-order valence-electron chi connectivity index (χ0n) is 13.3. The molecule has 1 aliphatic rings. The summed E-state index contributed by atoms with van der Waals surface area (Å²) in [7, 11) is 1.65. The highest BCUT2D eigenvalue weighted by atomic mass is 35.5. The maximum Gasteiger partial charge on any atom is 0.257 e. The van der Waals surface area contributed by atoms with Crippen molar-refractivity contribution in [2.75, 3.05) is 18.5 Å². The highest BCUT2D eigenvalue weighted by molar-refractivity contribution is 6.03. The van der Waals surface area contributed by atoms with Crippen LogP contribution in [0.25, 0.3) is 0 Å². The van der Waals surface area contributed by atoms with Crippen molar-refractivity contribution in [2.24, 2.45) is 5.73 Å². The van der Waals surface area contributed by atoms with E-state index in [1.807, 2.05) is 30.3 Å². The fourth-order valence-electron chi connectivity index (χ4n) is 2.83. The van der Waals surface area contributed by atoms with Gasteiger partial charge in [-0.3, -0.25) is 9.59 Å². The molecule has 128 valence electrons. The molecular weight excluding hydrogens is 330 g/mol. The summed E-state index contributed by atoms with van der Waals surface area (Å²) < 4.78 is 5.20. The second kappa shape index (κ2) is 7.51. The van der Waals surface area contributed by atoms with Crippen molar-refractivity contribution >= 4 is 29.9 Å². The highest BCUT2D eigenvalue weighted by Gasteiger charge is 2.37. The van der Waals surface area contributed by atoms with Gasteiger partial charge in [-0.25, -0.2) is 0 Å². The molecule has 1 saturated heterocycles. The number of rotatable bonds is 4. The van der Waals surface area contributed by atoms with Crippen LogP contribution in [0.3, 0.4) is 0 Å². The molecule has 3 rings (SSSR count). The molecular formula is C17H20ClN3O3. The lowest BCUT2D eigenvalue weighted by molar-refractivity contribution is -0.120. The van der Waals surface area contributed by atoms with Crippen LogP contribution >= 0.6 is 12.4 Å². The van der Waals surface area contributed by atoms with Gasteiger partial charge in [0.05, 0.1) is 12.1 Å². The number of amides is 2. The lowest BCUT2D eigenvalue weighted by Crippen LogP contribution is -2.42. The van der Waals surface area contributed by atoms with Gasteiger partial charge in [0.1, 0.15) is 18.1 Å². The van der Waals surface area contributed by atoms with Crippen LogP contribution < -0.4 is 10.6 Å². The van der Waals surface area contributed by atoms with Crippen molar-refractivity contribution in [3.05, 3.63) is 54.0 Å². The van der Waals surface area contributed by atoms with Crippen LogP contribution in [0.1, 0.15) is 22.5 Å². The molecule has 24 heavy (non-hydrogen) atoms. The third kappa shape index (κ3) is 3.29. The highest BCUT2D eigenvalue weighted by Crippen LogP contribution is 2.24. The van der Waals surface area contributed by atoms with E-state index in [0.717, 1.165) is 5.69 Å². The molecule has 2 heterocycles. The van der Waals surface area contributed by atoms with Gasteiger partial charge in [-0.2, -0.15) is 0 Å². The van der Waals surface area contributed by atoms with Crippen LogP contribution in [-0.4, -0.2) is 36.3 Å². The molecule has 0 saturated carbocycles. The molecule has 6 nitrogen and oxygen atoms in total. The van der Waals surface area contributed by atoms with Gasteiger partial charge in [0.25, 0.3) is 5.91 Å². The molecule has 0 bridgehead atoms. The van der Waals surface area contributed by atoms with E-state index >= 15 is 0 Å². The minimum absolute atomic E-state index is 0. The molecule has 2 aromatic rings. The second-order valence-electron chi connectivity index (χ2n) is 5.55. The smallest absolute Gasteiger partial charge is 0.257 e. The van der Waals surface area contributed by atoms with E-state index in [9.17, 15) is 9.59 Å². The van der Waals surface area contributed by atoms with Gasteiger partial charge in [0.2, 0.25) is 5.91 Å². The first-order valence-corrected chi connectivity index (χ1v) is 7.53. The van der Waals surface area contributed by atoms with E-state index in [0.29, 0.717) is 24.3 Å². The number of halogens is 1. The number of para-hydroxylation sites is 1. The number of hydrogen-bond donors (Lipinski definition) is 1. The predicted octanol–water partition coefficient (Wildman–Crippen LogP) is 2.04. The third-order valence-electron chi connectivity index (χ3n) is 4.13. The summed E-state index contributed by atoms with van der Waals surface area (Å²) in [5, 5.41) is 0. The molecule has 1 aromatic heterocycles. The number of anilines is 1. The maximum absolute atomic E-state index is 12.6. The standard InChI is InChI=1S/C17H19N3O3.ClH/c1-19(16(21)12-9-14(10-18)23-11-12)15-7-8-20(17(15)22)13-5-3-2-4-6-13;/h2-6,9,11,15H,7-8,10,18H2,1H3;1H. The van der Waals surface area contributed by atoms with E-state index < -0.39 is 6.04 Å². The Labute approximate surface area is 146 Å². The summed E-state index contributed by atoms with van der Waals surface area (Å²) in [4.78, 5) is 28.3. The second-order valence-corrected chi connectivity index (χ2v) is 5.55. The fourth-order valence-corrected chi connectivity index (χ4v) is 2.83. The minimum Gasteiger partial charge on any atom is -0.467 e. The van der Waals surface area contributed by atoms with Crippen LogP contribution in [0.2, 0.25) is 0 Å². The molecule has 0 radical (unpaired) electrons. The van der Waals surface area contributed by atoms with Crippen molar-refractivity contribution in [1.29, 1.82) is 0 Å². The van der Waals surface area contributed by atoms with E-state index in [1.54, 1.807) is 18.0 Å². The van der Waals surface area contributed by atoms with Crippen molar-refractivity contribution in [1.82, 2.24) is 4.90 Å². The Bertz CT molecular complexity index is 717. The molecule has 2 N–H and O–H groups in total. The van der Waals surface area contributed by atoms with Gasteiger partial charge in [-0.15, -0.1) is 12.4 Å². The van der Waals surface area contributed by atoms with Gasteiger partial charge in [0.15, 0.2) is 0 Å². The quantitative estimate of drug-likeness (QED) is 0.916. The van der Waals surface area contributed by atoms with Gasteiger partial charge in [0, 0.05) is 19.3 Å². The Hall–Kier alpha value is -2.31. The lowest BCUT2D eigenvalue weighted by Gasteiger charge is -2.23. The summed E-state index contributed by atoms with van der Waals surface area (Å²) >= 11 is 0. The van der Waals surface area contributed by atoms with Crippen LogP contribution in [0.5, 0.6) is 0 Å². The third-order valence-corrected chi connectivity index (χ3v) is 4.13. The molecule has 2 amide bonds. The number of likely N-dealkylation sites (N-methyl/N-ethyl adjacent to an activating group) is 1. The maximum atomic E-state index is 12.6. The number of nitrogens with two attached hydrogens (primary N) is 1. The van der Waals surface area contributed by atoms with Crippen LogP contribution in [0.15, 0.2) is 47.1 Å². The summed E-state index contributed by atoms with van der Waals surface area (Å²) in [6.45, 7) is 0.839. The molecule has 1 aliphatic heterocycles. The topological polar surface area (TPSA) is 79.8 Å². The minimum atomic E-state index is -0.459. The molecule has 1 unspecified atom stereocenters. The molecule has 0 aliphatic carbocycles. The Morgan fingerprint density at radius 2 is 2.08 bits per heavy atom. The van der Waals surface area contributed by atoms with E-state index in [-0.39, 0.29) is 30.8 Å². The van der Waals surface area contributed by atoms with Gasteiger partial charge in [-0.05, 0) is 24.6 Å². The van der Waals surface area contributed by atoms with Gasteiger partial charge >= 0.3 is 0 Å². The number of furan rings is 1. The van der Waals surface area contributed by atoms with Crippen LogP contribution in [0.4, 0.5) is 5.69 Å². The number of nitrogens with zero attached hydrogens (tertiary/aromatic N) is 2. The van der Waals surface area contributed by atoms with E-state index in [4.69, 9.17) is 10.2 Å². The first-order chi connectivity index (χ1) is 11.1. The van der Waals surface area contributed by atoms with Crippen molar-refractivity contribution < 1.29 is 14.0 Å². The zero-order chi connectivity index (χ0) is 16.4. The molecule has 1 atom stereocenters. The van der Waals surface area contributed by atoms with E-state index in [1.165, 1.54) is 11.2 Å². The molecule has 1 fully saturated rings. The summed E-state index contributed by atoms with van der Waals surface area (Å²) in [6.07, 6.45) is 1.99. The Morgan fingerprint density at radius 3 is 2.71 bits per heavy atom. The van der Waals surface area contributed by atoms with Crippen LogP contribution in [-0.2, 0) is 11.3 Å². The van der Waals surface area contributed by atoms with Crippen LogP contribution in [0, 0.1) is 0 Å². The Balaban J connectivity index is 0.00000208. The number of carbonyl (C=O) groups excluding carboxylic acids is 2. The monoisotopic (exact) mass is 349 g/mol. The van der Waals surface area contributed by atoms with Crippen molar-refractivity contribution in [3.8, 4) is 0 Å². The SMILES string of the molecule is CN(C(=O)c1coc(CN)c1)C1CCN(c2ccccc2)C1=O.Cl. The molecule has 1 aromatic carbocycles. The predicted molar refractivity (Wildman–Crippen MR) is 93.1 cm³/mol. The lowest BCUT2D eigenvalue weighted by atomic mass is 10.2. The average molecular weight is 350 g/mol. The normalized spacial score (nSPS) is 16.8. The Morgan fingerprint density at radius 1 is 1.38 bits per heavy atom. The molecule has 7 heteroatoms. The molecule has 0 spiro atoms. The van der Waals surface area contributed by atoms with Crippen molar-refractivity contribution in [2.45, 2.75) is 19.0 Å². The van der Waals surface area contributed by atoms with Gasteiger partial charge < -0.3 is 20.0 Å². The average Bonchev–Trinajstić information content (AvgIpc) is 3.21.